The molecule has 2 aromatic rings. The van der Waals surface area contributed by atoms with Gasteiger partial charge in [-0.25, -0.2) is 0 Å². The molecule has 0 saturated carbocycles. The summed E-state index contributed by atoms with van der Waals surface area (Å²) < 4.78 is 0. The van der Waals surface area contributed by atoms with Crippen LogP contribution >= 0.6 is 17.0 Å². The molecule has 1 amide bonds. The van der Waals surface area contributed by atoms with Gasteiger partial charge in [0.1, 0.15) is 5.84 Å². The molecule has 0 spiro atoms. The Hall–Kier alpha value is -2.14. The molecule has 21 heavy (non-hydrogen) atoms. The fourth-order valence-corrected chi connectivity index (χ4v) is 2.27. The maximum atomic E-state index is 12.2. The Balaban J connectivity index is 0.00000161. The number of fused-ring (bicyclic) bond motifs is 1. The van der Waals surface area contributed by atoms with E-state index in [4.69, 9.17) is 5.41 Å². The molecule has 5 heteroatoms. The van der Waals surface area contributed by atoms with Gasteiger partial charge in [-0.05, 0) is 24.6 Å². The van der Waals surface area contributed by atoms with Gasteiger partial charge in [-0.3, -0.25) is 20.6 Å². The molecule has 1 aliphatic heterocycles. The second-order valence-corrected chi connectivity index (χ2v) is 4.90. The van der Waals surface area contributed by atoms with Crippen LogP contribution in [0.1, 0.15) is 27.0 Å². The third kappa shape index (κ3) is 2.97. The van der Waals surface area contributed by atoms with Crippen molar-refractivity contribution >= 4 is 28.7 Å². The van der Waals surface area contributed by atoms with Gasteiger partial charge in [0.15, 0.2) is 0 Å². The van der Waals surface area contributed by atoms with Crippen molar-refractivity contribution in [2.24, 2.45) is 0 Å². The minimum absolute atomic E-state index is 0. The summed E-state index contributed by atoms with van der Waals surface area (Å²) in [5.74, 6) is 0.142. The molecule has 0 saturated heterocycles. The van der Waals surface area contributed by atoms with Gasteiger partial charge < -0.3 is 0 Å². The van der Waals surface area contributed by atoms with Gasteiger partial charge in [0.2, 0.25) is 0 Å². The normalized spacial score (nSPS) is 12.6. The number of carbonyl (C=O) groups excluding carboxylic acids is 1. The van der Waals surface area contributed by atoms with Crippen molar-refractivity contribution in [3.63, 3.8) is 0 Å². The van der Waals surface area contributed by atoms with Crippen molar-refractivity contribution in [3.8, 4) is 0 Å². The maximum absolute atomic E-state index is 12.2. The molecule has 4 nitrogen and oxygen atoms in total. The van der Waals surface area contributed by atoms with Crippen LogP contribution in [-0.4, -0.2) is 16.8 Å². The van der Waals surface area contributed by atoms with Gasteiger partial charge in [-0.1, -0.05) is 42.0 Å². The van der Waals surface area contributed by atoms with Crippen molar-refractivity contribution in [1.82, 2.24) is 10.4 Å². The maximum Gasteiger partial charge on any atom is 0.269 e. The molecule has 3 rings (SSSR count). The van der Waals surface area contributed by atoms with Gasteiger partial charge in [-0.15, -0.1) is 17.0 Å². The average molecular weight is 346 g/mol. The molecule has 108 valence electrons. The molecule has 1 aliphatic rings. The Morgan fingerprint density at radius 1 is 1.14 bits per heavy atom. The second-order valence-electron chi connectivity index (χ2n) is 4.90. The summed E-state index contributed by atoms with van der Waals surface area (Å²) in [7, 11) is 0. The number of hydrogen-bond acceptors (Lipinski definition) is 2. The Kier molecular flexibility index (Phi) is 4.43. The number of aryl methyl sites for hydroxylation is 1. The van der Waals surface area contributed by atoms with Gasteiger partial charge in [0, 0.05) is 11.1 Å². The van der Waals surface area contributed by atoms with E-state index in [1.165, 1.54) is 0 Å². The van der Waals surface area contributed by atoms with E-state index in [9.17, 15) is 4.79 Å². The third-order valence-electron chi connectivity index (χ3n) is 3.42. The molecule has 0 unspecified atom stereocenters. The lowest BCUT2D eigenvalue weighted by molar-refractivity contribution is 0.0869. The van der Waals surface area contributed by atoms with Crippen LogP contribution in [0.5, 0.6) is 0 Å². The number of hydrogen-bond donors (Lipinski definition) is 2. The predicted octanol–water partition coefficient (Wildman–Crippen LogP) is 3.06. The largest absolute Gasteiger partial charge is 0.283 e. The lowest BCUT2D eigenvalue weighted by Gasteiger charge is -2.19. The quantitative estimate of drug-likeness (QED) is 0.878. The second kappa shape index (κ2) is 6.10. The molecule has 0 aromatic heterocycles. The van der Waals surface area contributed by atoms with Crippen LogP contribution < -0.4 is 5.43 Å². The van der Waals surface area contributed by atoms with Crippen LogP contribution in [0.3, 0.4) is 0 Å². The number of benzene rings is 2. The van der Waals surface area contributed by atoms with Gasteiger partial charge in [0.05, 0.1) is 6.54 Å². The highest BCUT2D eigenvalue weighted by atomic mass is 79.9. The molecular weight excluding hydrogens is 330 g/mol. The molecule has 0 aliphatic carbocycles. The standard InChI is InChI=1S/C16H15N3O.BrH/c1-11-6-8-12(9-7-11)16(20)18-19-10-13-4-2-3-5-14(13)15(19)17;/h2-9,17H,10H2,1H3,(H,18,20);1H. The summed E-state index contributed by atoms with van der Waals surface area (Å²) in [5, 5.41) is 9.67. The van der Waals surface area contributed by atoms with Gasteiger partial charge >= 0.3 is 0 Å². The predicted molar refractivity (Wildman–Crippen MR) is 87.8 cm³/mol. The van der Waals surface area contributed by atoms with Crippen molar-refractivity contribution in [2.75, 3.05) is 0 Å². The number of carbonyl (C=O) groups is 1. The van der Waals surface area contributed by atoms with Crippen LogP contribution in [-0.2, 0) is 6.54 Å². The lowest BCUT2D eigenvalue weighted by Crippen LogP contribution is -2.42. The van der Waals surface area contributed by atoms with Crippen LogP contribution in [0.15, 0.2) is 48.5 Å². The molecule has 2 N–H and O–H groups in total. The summed E-state index contributed by atoms with van der Waals surface area (Å²) >= 11 is 0. The molecule has 0 radical (unpaired) electrons. The van der Waals surface area contributed by atoms with E-state index in [-0.39, 0.29) is 22.9 Å². The van der Waals surface area contributed by atoms with Crippen molar-refractivity contribution in [2.45, 2.75) is 13.5 Å². The lowest BCUT2D eigenvalue weighted by atomic mass is 10.1. The van der Waals surface area contributed by atoms with Crippen LogP contribution in [0, 0.1) is 12.3 Å². The number of hydrazine groups is 1. The first-order chi connectivity index (χ1) is 9.65. The first-order valence-corrected chi connectivity index (χ1v) is 6.47. The van der Waals surface area contributed by atoms with Gasteiger partial charge in [-0.2, -0.15) is 0 Å². The zero-order valence-electron chi connectivity index (χ0n) is 11.6. The van der Waals surface area contributed by atoms with E-state index in [1.54, 1.807) is 17.1 Å². The molecule has 1 heterocycles. The summed E-state index contributed by atoms with van der Waals surface area (Å²) in [5.41, 5.74) is 6.42. The fraction of sp³-hybridized carbons (Fsp3) is 0.125. The highest BCUT2D eigenvalue weighted by molar-refractivity contribution is 8.93. The monoisotopic (exact) mass is 345 g/mol. The van der Waals surface area contributed by atoms with E-state index in [2.05, 4.69) is 5.43 Å². The summed E-state index contributed by atoms with van der Waals surface area (Å²) in [6.07, 6.45) is 0. The first kappa shape index (κ1) is 15.3. The SMILES string of the molecule is Br.Cc1ccc(C(=O)NN2Cc3ccccc3C2=N)cc1. The van der Waals surface area contributed by atoms with Gasteiger partial charge in [0.25, 0.3) is 5.91 Å². The van der Waals surface area contributed by atoms with Crippen LogP contribution in [0.2, 0.25) is 0 Å². The minimum Gasteiger partial charge on any atom is -0.283 e. The van der Waals surface area contributed by atoms with Crippen molar-refractivity contribution in [3.05, 3.63) is 70.8 Å². The highest BCUT2D eigenvalue weighted by Gasteiger charge is 2.25. The minimum atomic E-state index is -0.192. The Morgan fingerprint density at radius 2 is 1.81 bits per heavy atom. The highest BCUT2D eigenvalue weighted by Crippen LogP contribution is 2.20. The first-order valence-electron chi connectivity index (χ1n) is 6.47. The number of nitrogens with one attached hydrogen (secondary N) is 2. The number of halogens is 1. The van der Waals surface area contributed by atoms with E-state index >= 15 is 0 Å². The third-order valence-corrected chi connectivity index (χ3v) is 3.42. The van der Waals surface area contributed by atoms with E-state index < -0.39 is 0 Å². The van der Waals surface area contributed by atoms with Crippen LogP contribution in [0.25, 0.3) is 0 Å². The molecule has 0 atom stereocenters. The summed E-state index contributed by atoms with van der Waals surface area (Å²) in [4.78, 5) is 12.2. The number of amides is 1. The topological polar surface area (TPSA) is 56.2 Å². The number of amidine groups is 1. The van der Waals surface area contributed by atoms with E-state index in [0.717, 1.165) is 16.7 Å². The Bertz CT molecular complexity index is 682. The molecule has 2 aromatic carbocycles. The Morgan fingerprint density at radius 3 is 2.48 bits per heavy atom. The smallest absolute Gasteiger partial charge is 0.269 e. The van der Waals surface area contributed by atoms with Crippen molar-refractivity contribution < 1.29 is 4.79 Å². The fourth-order valence-electron chi connectivity index (χ4n) is 2.27. The number of nitrogens with zero attached hydrogens (tertiary/aromatic N) is 1. The van der Waals surface area contributed by atoms with E-state index in [0.29, 0.717) is 17.9 Å². The zero-order valence-corrected chi connectivity index (χ0v) is 13.3. The molecule has 0 fully saturated rings. The Labute approximate surface area is 134 Å². The molecule has 0 bridgehead atoms. The summed E-state index contributed by atoms with van der Waals surface area (Å²) in [6, 6.07) is 15.1. The van der Waals surface area contributed by atoms with E-state index in [1.807, 2.05) is 43.3 Å². The van der Waals surface area contributed by atoms with Crippen molar-refractivity contribution in [1.29, 1.82) is 5.41 Å². The molecular formula is C16H16BrN3O. The van der Waals surface area contributed by atoms with Crippen LogP contribution in [0.4, 0.5) is 0 Å². The average Bonchev–Trinajstić information content (AvgIpc) is 2.77. The number of rotatable bonds is 2. The zero-order chi connectivity index (χ0) is 14.1. The summed E-state index contributed by atoms with van der Waals surface area (Å²) in [6.45, 7) is 2.51.